The SMILES string of the molecule is COC[C@H](Nc1nc2nc(-c3noc(=O)[nH]3)nc(-c3cccc(Cl)c3)c2n1C[C@H]1CC[C@H](C)CC1)c1ccccc1. The van der Waals surface area contributed by atoms with Crippen molar-refractivity contribution in [2.24, 2.45) is 11.8 Å². The fourth-order valence-electron chi connectivity index (χ4n) is 5.59. The summed E-state index contributed by atoms with van der Waals surface area (Å²) in [7, 11) is 1.69. The van der Waals surface area contributed by atoms with E-state index in [1.54, 1.807) is 7.11 Å². The van der Waals surface area contributed by atoms with Crippen molar-refractivity contribution >= 4 is 28.7 Å². The van der Waals surface area contributed by atoms with Crippen molar-refractivity contribution in [2.45, 2.75) is 45.2 Å². The number of anilines is 1. The molecule has 0 unspecified atom stereocenters. The molecule has 0 bridgehead atoms. The van der Waals surface area contributed by atoms with E-state index < -0.39 is 5.76 Å². The van der Waals surface area contributed by atoms with Gasteiger partial charge in [0.1, 0.15) is 11.2 Å². The average Bonchev–Trinajstić information content (AvgIpc) is 3.57. The topological polar surface area (TPSA) is 124 Å². The Bertz CT molecular complexity index is 1690. The van der Waals surface area contributed by atoms with Gasteiger partial charge < -0.3 is 14.6 Å². The number of H-pyrrole nitrogens is 1. The molecule has 41 heavy (non-hydrogen) atoms. The molecule has 0 aliphatic heterocycles. The molecular formula is C30H32ClN7O3. The zero-order valence-electron chi connectivity index (χ0n) is 23.0. The van der Waals surface area contributed by atoms with Crippen LogP contribution in [0.15, 0.2) is 63.9 Å². The predicted molar refractivity (Wildman–Crippen MR) is 158 cm³/mol. The van der Waals surface area contributed by atoms with Crippen LogP contribution in [0.4, 0.5) is 5.95 Å². The highest BCUT2D eigenvalue weighted by Gasteiger charge is 2.26. The van der Waals surface area contributed by atoms with Gasteiger partial charge in [0.25, 0.3) is 0 Å². The van der Waals surface area contributed by atoms with Gasteiger partial charge in [-0.05, 0) is 42.4 Å². The Hall–Kier alpha value is -4.02. The van der Waals surface area contributed by atoms with E-state index in [9.17, 15) is 4.79 Å². The highest BCUT2D eigenvalue weighted by Crippen LogP contribution is 2.36. The van der Waals surface area contributed by atoms with Gasteiger partial charge in [-0.25, -0.2) is 14.8 Å². The Morgan fingerprint density at radius 2 is 1.90 bits per heavy atom. The quantitative estimate of drug-likeness (QED) is 0.216. The highest BCUT2D eigenvalue weighted by atomic mass is 35.5. The van der Waals surface area contributed by atoms with Crippen LogP contribution in [0.25, 0.3) is 34.1 Å². The van der Waals surface area contributed by atoms with Gasteiger partial charge in [-0.3, -0.25) is 9.51 Å². The molecule has 2 aromatic carbocycles. The minimum Gasteiger partial charge on any atom is -0.382 e. The Kier molecular flexibility index (Phi) is 7.84. The van der Waals surface area contributed by atoms with E-state index in [-0.39, 0.29) is 17.7 Å². The first-order chi connectivity index (χ1) is 20.0. The van der Waals surface area contributed by atoms with Gasteiger partial charge in [-0.2, -0.15) is 4.98 Å². The van der Waals surface area contributed by atoms with Crippen molar-refractivity contribution < 1.29 is 9.26 Å². The number of methoxy groups -OCH3 is 1. The highest BCUT2D eigenvalue weighted by molar-refractivity contribution is 6.30. The Morgan fingerprint density at radius 3 is 2.61 bits per heavy atom. The molecule has 6 rings (SSSR count). The molecule has 1 atom stereocenters. The van der Waals surface area contributed by atoms with E-state index in [4.69, 9.17) is 35.8 Å². The number of ether oxygens (including phenoxy) is 1. The van der Waals surface area contributed by atoms with Crippen LogP contribution in [0.3, 0.4) is 0 Å². The second-order valence-corrected chi connectivity index (χ2v) is 11.2. The number of nitrogens with one attached hydrogen (secondary N) is 2. The summed E-state index contributed by atoms with van der Waals surface area (Å²) in [5.74, 6) is 1.56. The molecule has 1 aliphatic rings. The average molecular weight is 574 g/mol. The predicted octanol–water partition coefficient (Wildman–Crippen LogP) is 6.12. The summed E-state index contributed by atoms with van der Waals surface area (Å²) in [5, 5.41) is 8.06. The summed E-state index contributed by atoms with van der Waals surface area (Å²) in [5.41, 5.74) is 3.79. The van der Waals surface area contributed by atoms with Gasteiger partial charge in [0.05, 0.1) is 12.6 Å². The molecule has 212 valence electrons. The smallest absolute Gasteiger partial charge is 0.382 e. The maximum absolute atomic E-state index is 11.7. The lowest BCUT2D eigenvalue weighted by molar-refractivity contribution is 0.186. The second kappa shape index (κ2) is 11.8. The van der Waals surface area contributed by atoms with E-state index in [0.29, 0.717) is 34.8 Å². The zero-order valence-corrected chi connectivity index (χ0v) is 23.8. The molecule has 1 fully saturated rings. The molecule has 1 aliphatic carbocycles. The van der Waals surface area contributed by atoms with Gasteiger partial charge in [-0.15, -0.1) is 0 Å². The normalized spacial score (nSPS) is 18.0. The molecule has 5 aromatic rings. The number of imidazole rings is 1. The summed E-state index contributed by atoms with van der Waals surface area (Å²) < 4.78 is 12.5. The Labute approximate surface area is 242 Å². The largest absolute Gasteiger partial charge is 0.439 e. The third kappa shape index (κ3) is 5.89. The van der Waals surface area contributed by atoms with Gasteiger partial charge in [0.15, 0.2) is 5.65 Å². The minimum absolute atomic E-state index is 0.132. The maximum Gasteiger partial charge on any atom is 0.439 e. The molecule has 0 amide bonds. The van der Waals surface area contributed by atoms with Gasteiger partial charge in [-0.1, -0.05) is 79.0 Å². The van der Waals surface area contributed by atoms with E-state index in [1.807, 2.05) is 42.5 Å². The van der Waals surface area contributed by atoms with Crippen LogP contribution in [-0.2, 0) is 11.3 Å². The number of benzene rings is 2. The summed E-state index contributed by atoms with van der Waals surface area (Å²) in [6.07, 6.45) is 4.70. The zero-order chi connectivity index (χ0) is 28.3. The second-order valence-electron chi connectivity index (χ2n) is 10.8. The number of aromatic amines is 1. The Balaban J connectivity index is 1.54. The van der Waals surface area contributed by atoms with E-state index >= 15 is 0 Å². The molecule has 0 spiro atoms. The molecule has 3 aromatic heterocycles. The third-order valence-corrected chi connectivity index (χ3v) is 8.00. The van der Waals surface area contributed by atoms with Crippen LogP contribution in [0.1, 0.15) is 44.2 Å². The molecular weight excluding hydrogens is 542 g/mol. The lowest BCUT2D eigenvalue weighted by Crippen LogP contribution is -2.22. The number of aromatic nitrogens is 6. The van der Waals surface area contributed by atoms with E-state index in [1.165, 1.54) is 12.8 Å². The number of nitrogens with zero attached hydrogens (tertiary/aromatic N) is 5. The molecule has 11 heteroatoms. The number of hydrogen-bond donors (Lipinski definition) is 2. The molecule has 3 heterocycles. The van der Waals surface area contributed by atoms with Crippen LogP contribution in [0.2, 0.25) is 5.02 Å². The van der Waals surface area contributed by atoms with E-state index in [2.05, 4.69) is 39.1 Å². The standard InChI is InChI=1S/C30H32ClN7O3/c1-18-11-13-19(14-12-18)16-38-25-24(21-9-6-10-22(31)15-21)33-27(28-36-30(39)41-37-28)34-26(25)35-29(38)32-23(17-40-2)20-7-4-3-5-8-20/h3-10,15,18-19,23H,11-14,16-17H2,1-2H3,(H,36,37,39)(H,32,33,34,35)/t18-,19-,23-/m0/s1. The molecule has 0 saturated heterocycles. The third-order valence-electron chi connectivity index (χ3n) is 7.77. The van der Waals surface area contributed by atoms with Crippen molar-refractivity contribution in [3.63, 3.8) is 0 Å². The lowest BCUT2D eigenvalue weighted by atomic mass is 9.83. The van der Waals surface area contributed by atoms with Gasteiger partial charge >= 0.3 is 5.76 Å². The lowest BCUT2D eigenvalue weighted by Gasteiger charge is -2.28. The molecule has 1 saturated carbocycles. The van der Waals surface area contributed by atoms with Crippen molar-refractivity contribution in [3.8, 4) is 22.9 Å². The summed E-state index contributed by atoms with van der Waals surface area (Å²) in [6, 6.07) is 17.5. The van der Waals surface area contributed by atoms with Gasteiger partial charge in [0, 0.05) is 24.2 Å². The Morgan fingerprint density at radius 1 is 1.10 bits per heavy atom. The fourth-order valence-corrected chi connectivity index (χ4v) is 5.78. The van der Waals surface area contributed by atoms with Crippen molar-refractivity contribution in [2.75, 3.05) is 19.0 Å². The monoisotopic (exact) mass is 573 g/mol. The van der Waals surface area contributed by atoms with Crippen LogP contribution in [-0.4, -0.2) is 43.4 Å². The van der Waals surface area contributed by atoms with Crippen LogP contribution in [0, 0.1) is 11.8 Å². The first-order valence-electron chi connectivity index (χ1n) is 13.9. The first-order valence-corrected chi connectivity index (χ1v) is 14.3. The summed E-state index contributed by atoms with van der Waals surface area (Å²) in [6.45, 7) is 3.54. The number of rotatable bonds is 9. The molecule has 10 nitrogen and oxygen atoms in total. The van der Waals surface area contributed by atoms with Crippen LogP contribution >= 0.6 is 11.6 Å². The summed E-state index contributed by atoms with van der Waals surface area (Å²) >= 11 is 6.42. The molecule has 2 N–H and O–H groups in total. The summed E-state index contributed by atoms with van der Waals surface area (Å²) in [4.78, 5) is 28.9. The van der Waals surface area contributed by atoms with E-state index in [0.717, 1.165) is 41.9 Å². The molecule has 0 radical (unpaired) electrons. The first kappa shape index (κ1) is 27.2. The number of fused-ring (bicyclic) bond motifs is 1. The van der Waals surface area contributed by atoms with Crippen molar-refractivity contribution in [3.05, 3.63) is 75.7 Å². The maximum atomic E-state index is 11.7. The number of halogens is 1. The minimum atomic E-state index is -0.683. The van der Waals surface area contributed by atoms with Crippen molar-refractivity contribution in [1.29, 1.82) is 0 Å². The van der Waals surface area contributed by atoms with Crippen LogP contribution in [0.5, 0.6) is 0 Å². The van der Waals surface area contributed by atoms with Crippen LogP contribution < -0.4 is 11.1 Å². The number of hydrogen-bond acceptors (Lipinski definition) is 8. The van der Waals surface area contributed by atoms with Crippen molar-refractivity contribution in [1.82, 2.24) is 29.7 Å². The fraction of sp³-hybridized carbons (Fsp3) is 0.367. The van der Waals surface area contributed by atoms with Gasteiger partial charge in [0.2, 0.25) is 17.6 Å².